The fourth-order valence-corrected chi connectivity index (χ4v) is 2.96. The summed E-state index contributed by atoms with van der Waals surface area (Å²) in [5, 5.41) is 2.41. The zero-order valence-corrected chi connectivity index (χ0v) is 11.4. The van der Waals surface area contributed by atoms with Gasteiger partial charge in [0.1, 0.15) is 0 Å². The van der Waals surface area contributed by atoms with Crippen LogP contribution in [0.15, 0.2) is 29.6 Å². The molecule has 2 aromatic rings. The molecule has 0 saturated heterocycles. The first-order valence-electron chi connectivity index (χ1n) is 5.41. The van der Waals surface area contributed by atoms with Gasteiger partial charge < -0.3 is 0 Å². The zero-order valence-electron chi connectivity index (χ0n) is 9.79. The molecule has 1 heterocycles. The van der Waals surface area contributed by atoms with E-state index in [2.05, 4.69) is 0 Å². The van der Waals surface area contributed by atoms with Gasteiger partial charge in [0.25, 0.3) is 0 Å². The first-order valence-corrected chi connectivity index (χ1v) is 6.66. The van der Waals surface area contributed by atoms with Crippen molar-refractivity contribution >= 4 is 28.7 Å². The Hall–Kier alpha value is -1.12. The summed E-state index contributed by atoms with van der Waals surface area (Å²) >= 11 is 7.38. The van der Waals surface area contributed by atoms with Crippen molar-refractivity contribution in [3.8, 4) is 0 Å². The lowest BCUT2D eigenvalue weighted by Crippen LogP contribution is -2.05. The van der Waals surface area contributed by atoms with Crippen LogP contribution in [0.3, 0.4) is 0 Å². The van der Waals surface area contributed by atoms with E-state index in [0.29, 0.717) is 16.3 Å². The second kappa shape index (κ2) is 5.03. The van der Waals surface area contributed by atoms with Crippen LogP contribution in [-0.2, 0) is 6.42 Å². The summed E-state index contributed by atoms with van der Waals surface area (Å²) in [6.45, 7) is 4.07. The highest BCUT2D eigenvalue weighted by Crippen LogP contribution is 2.25. The average Bonchev–Trinajstić information content (AvgIpc) is 2.70. The van der Waals surface area contributed by atoms with Crippen LogP contribution in [0.25, 0.3) is 0 Å². The molecular formula is C14H13ClOS. The smallest absolute Gasteiger partial charge is 0.178 e. The van der Waals surface area contributed by atoms with Gasteiger partial charge in [0.05, 0.1) is 9.90 Å². The zero-order chi connectivity index (χ0) is 12.4. The van der Waals surface area contributed by atoms with Gasteiger partial charge in [-0.05, 0) is 42.0 Å². The molecule has 0 saturated carbocycles. The fraction of sp³-hybridized carbons (Fsp3) is 0.214. The van der Waals surface area contributed by atoms with E-state index in [1.807, 2.05) is 37.4 Å². The summed E-state index contributed by atoms with van der Waals surface area (Å²) in [6, 6.07) is 7.85. The third-order valence-electron chi connectivity index (χ3n) is 2.85. The van der Waals surface area contributed by atoms with Gasteiger partial charge in [-0.15, -0.1) is 11.3 Å². The Kier molecular flexibility index (Phi) is 3.65. The van der Waals surface area contributed by atoms with Crippen LogP contribution in [0.4, 0.5) is 0 Å². The molecule has 0 fully saturated rings. The minimum Gasteiger partial charge on any atom is -0.293 e. The van der Waals surface area contributed by atoms with Crippen LogP contribution in [0.1, 0.15) is 26.4 Å². The van der Waals surface area contributed by atoms with Crippen molar-refractivity contribution in [2.24, 2.45) is 0 Å². The number of aryl methyl sites for hydroxylation is 2. The molecule has 2 rings (SSSR count). The Bertz CT molecular complexity index is 537. The minimum atomic E-state index is 0.0994. The topological polar surface area (TPSA) is 17.1 Å². The van der Waals surface area contributed by atoms with Crippen molar-refractivity contribution in [2.45, 2.75) is 20.3 Å². The van der Waals surface area contributed by atoms with Crippen molar-refractivity contribution in [3.05, 3.63) is 56.2 Å². The first kappa shape index (κ1) is 12.3. The number of rotatable bonds is 3. The van der Waals surface area contributed by atoms with E-state index in [0.717, 1.165) is 16.7 Å². The van der Waals surface area contributed by atoms with E-state index >= 15 is 0 Å². The molecule has 0 atom stereocenters. The summed E-state index contributed by atoms with van der Waals surface area (Å²) in [5.41, 5.74) is 3.43. The van der Waals surface area contributed by atoms with Crippen LogP contribution in [0.2, 0.25) is 5.02 Å². The highest BCUT2D eigenvalue weighted by molar-refractivity contribution is 7.12. The number of carbonyl (C=O) groups is 1. The second-order valence-corrected chi connectivity index (χ2v) is 5.39. The highest BCUT2D eigenvalue weighted by Gasteiger charge is 2.14. The maximum atomic E-state index is 12.1. The van der Waals surface area contributed by atoms with Gasteiger partial charge in [0.2, 0.25) is 0 Å². The normalized spacial score (nSPS) is 10.5. The van der Waals surface area contributed by atoms with Gasteiger partial charge >= 0.3 is 0 Å². The van der Waals surface area contributed by atoms with Gasteiger partial charge in [-0.3, -0.25) is 4.79 Å². The Labute approximate surface area is 110 Å². The molecule has 0 bridgehead atoms. The molecule has 17 heavy (non-hydrogen) atoms. The molecular weight excluding hydrogens is 252 g/mol. The standard InChI is InChI=1S/C14H13ClOS/c1-9-4-3-5-10(2)11(9)8-13(16)14-12(15)6-7-17-14/h3-7H,8H2,1-2H3. The molecule has 0 aliphatic rings. The number of carbonyl (C=O) groups excluding carboxylic acids is 1. The third kappa shape index (κ3) is 2.59. The highest BCUT2D eigenvalue weighted by atomic mass is 35.5. The van der Waals surface area contributed by atoms with E-state index in [4.69, 9.17) is 11.6 Å². The molecule has 0 unspecified atom stereocenters. The molecule has 88 valence electrons. The molecule has 1 aromatic carbocycles. The van der Waals surface area contributed by atoms with Crippen LogP contribution in [0, 0.1) is 13.8 Å². The molecule has 0 N–H and O–H groups in total. The molecule has 0 aliphatic carbocycles. The van der Waals surface area contributed by atoms with Crippen LogP contribution >= 0.6 is 22.9 Å². The Balaban J connectivity index is 2.28. The number of hydrogen-bond donors (Lipinski definition) is 0. The molecule has 3 heteroatoms. The summed E-state index contributed by atoms with van der Waals surface area (Å²) in [4.78, 5) is 12.8. The molecule has 0 spiro atoms. The summed E-state index contributed by atoms with van der Waals surface area (Å²) < 4.78 is 0. The molecule has 0 aliphatic heterocycles. The number of Topliss-reactive ketones (excluding diaryl/α,β-unsaturated/α-hetero) is 1. The predicted molar refractivity (Wildman–Crippen MR) is 73.3 cm³/mol. The van der Waals surface area contributed by atoms with Crippen LogP contribution in [0.5, 0.6) is 0 Å². The number of hydrogen-bond acceptors (Lipinski definition) is 2. The number of thiophene rings is 1. The van der Waals surface area contributed by atoms with Crippen LogP contribution in [-0.4, -0.2) is 5.78 Å². The summed E-state index contributed by atoms with van der Waals surface area (Å²) in [5.74, 6) is 0.0994. The SMILES string of the molecule is Cc1cccc(C)c1CC(=O)c1sccc1Cl. The third-order valence-corrected chi connectivity index (χ3v) is 4.23. The van der Waals surface area contributed by atoms with Gasteiger partial charge in [0, 0.05) is 6.42 Å². The molecule has 0 radical (unpaired) electrons. The lowest BCUT2D eigenvalue weighted by molar-refractivity contribution is 0.0996. The van der Waals surface area contributed by atoms with E-state index in [1.54, 1.807) is 6.07 Å². The van der Waals surface area contributed by atoms with Gasteiger partial charge in [-0.2, -0.15) is 0 Å². The van der Waals surface area contributed by atoms with Crippen molar-refractivity contribution in [2.75, 3.05) is 0 Å². The second-order valence-electron chi connectivity index (χ2n) is 4.07. The Morgan fingerprint density at radius 1 is 1.24 bits per heavy atom. The Morgan fingerprint density at radius 3 is 2.41 bits per heavy atom. The van der Waals surface area contributed by atoms with Gasteiger partial charge in [0.15, 0.2) is 5.78 Å². The van der Waals surface area contributed by atoms with Crippen molar-refractivity contribution in [3.63, 3.8) is 0 Å². The number of halogens is 1. The van der Waals surface area contributed by atoms with E-state index < -0.39 is 0 Å². The molecule has 1 nitrogen and oxygen atoms in total. The van der Waals surface area contributed by atoms with E-state index in [1.165, 1.54) is 11.3 Å². The molecule has 1 aromatic heterocycles. The van der Waals surface area contributed by atoms with Crippen molar-refractivity contribution in [1.82, 2.24) is 0 Å². The lowest BCUT2D eigenvalue weighted by Gasteiger charge is -2.08. The largest absolute Gasteiger partial charge is 0.293 e. The van der Waals surface area contributed by atoms with E-state index in [-0.39, 0.29) is 5.78 Å². The van der Waals surface area contributed by atoms with Gasteiger partial charge in [-0.25, -0.2) is 0 Å². The monoisotopic (exact) mass is 264 g/mol. The van der Waals surface area contributed by atoms with Crippen molar-refractivity contribution in [1.29, 1.82) is 0 Å². The maximum absolute atomic E-state index is 12.1. The van der Waals surface area contributed by atoms with Gasteiger partial charge in [-0.1, -0.05) is 29.8 Å². The summed E-state index contributed by atoms with van der Waals surface area (Å²) in [6.07, 6.45) is 0.429. The predicted octanol–water partition coefficient (Wildman–Crippen LogP) is 4.44. The van der Waals surface area contributed by atoms with Crippen molar-refractivity contribution < 1.29 is 4.79 Å². The minimum absolute atomic E-state index is 0.0994. The summed E-state index contributed by atoms with van der Waals surface area (Å²) in [7, 11) is 0. The Morgan fingerprint density at radius 2 is 1.88 bits per heavy atom. The van der Waals surface area contributed by atoms with Crippen LogP contribution < -0.4 is 0 Å². The fourth-order valence-electron chi connectivity index (χ4n) is 1.86. The van der Waals surface area contributed by atoms with E-state index in [9.17, 15) is 4.79 Å². The number of ketones is 1. The first-order chi connectivity index (χ1) is 8.09. The number of benzene rings is 1. The quantitative estimate of drug-likeness (QED) is 0.749. The molecule has 0 amide bonds. The maximum Gasteiger partial charge on any atom is 0.178 e. The average molecular weight is 265 g/mol. The lowest BCUT2D eigenvalue weighted by atomic mass is 9.98.